The first-order chi connectivity index (χ1) is 16.6. The van der Waals surface area contributed by atoms with E-state index in [9.17, 15) is 4.79 Å². The Hall–Kier alpha value is -1.96. The number of nitrogens with one attached hydrogen (secondary N) is 2. The van der Waals surface area contributed by atoms with E-state index in [1.165, 1.54) is 5.56 Å². The van der Waals surface area contributed by atoms with Gasteiger partial charge in [0, 0.05) is 50.4 Å². The highest BCUT2D eigenvalue weighted by molar-refractivity contribution is 6.31. The zero-order valence-corrected chi connectivity index (χ0v) is 20.8. The van der Waals surface area contributed by atoms with Gasteiger partial charge in [0.05, 0.1) is 12.6 Å². The summed E-state index contributed by atoms with van der Waals surface area (Å²) in [5.74, 6) is 0.0751. The zero-order chi connectivity index (χ0) is 23.8. The van der Waals surface area contributed by atoms with Crippen LogP contribution in [0.5, 0.6) is 0 Å². The SMILES string of the molecule is COCCNC(=O)[C@@H]1C[C@H](NC2CCN(Cc3ccccc3)CC2)CN1Cc1ccccc1Cl. The predicted molar refractivity (Wildman–Crippen MR) is 137 cm³/mol. The maximum atomic E-state index is 13.0. The van der Waals surface area contributed by atoms with Gasteiger partial charge >= 0.3 is 0 Å². The molecule has 7 heteroatoms. The maximum Gasteiger partial charge on any atom is 0.237 e. The molecule has 184 valence electrons. The summed E-state index contributed by atoms with van der Waals surface area (Å²) in [5.41, 5.74) is 2.44. The molecule has 0 aliphatic carbocycles. The lowest BCUT2D eigenvalue weighted by Crippen LogP contribution is -2.46. The highest BCUT2D eigenvalue weighted by Crippen LogP contribution is 2.25. The Morgan fingerprint density at radius 2 is 1.76 bits per heavy atom. The lowest BCUT2D eigenvalue weighted by Gasteiger charge is -2.34. The minimum Gasteiger partial charge on any atom is -0.383 e. The largest absolute Gasteiger partial charge is 0.383 e. The van der Waals surface area contributed by atoms with Crippen LogP contribution in [-0.4, -0.2) is 73.7 Å². The maximum absolute atomic E-state index is 13.0. The Balaban J connectivity index is 1.32. The predicted octanol–water partition coefficient (Wildman–Crippen LogP) is 3.30. The van der Waals surface area contributed by atoms with E-state index < -0.39 is 0 Å². The molecule has 2 atom stereocenters. The number of ether oxygens (including phenoxy) is 1. The molecule has 2 saturated heterocycles. The summed E-state index contributed by atoms with van der Waals surface area (Å²) in [6.07, 6.45) is 3.09. The molecule has 0 saturated carbocycles. The summed E-state index contributed by atoms with van der Waals surface area (Å²) in [4.78, 5) is 17.8. The topological polar surface area (TPSA) is 56.8 Å². The highest BCUT2D eigenvalue weighted by Gasteiger charge is 2.37. The molecular weight excluding hydrogens is 448 g/mol. The van der Waals surface area contributed by atoms with E-state index in [2.05, 4.69) is 50.8 Å². The summed E-state index contributed by atoms with van der Waals surface area (Å²) in [6.45, 7) is 5.79. The third-order valence-electron chi connectivity index (χ3n) is 6.95. The van der Waals surface area contributed by atoms with Crippen LogP contribution in [0.1, 0.15) is 30.4 Å². The lowest BCUT2D eigenvalue weighted by molar-refractivity contribution is -0.125. The van der Waals surface area contributed by atoms with Crippen LogP contribution in [0.25, 0.3) is 0 Å². The standard InChI is InChI=1S/C27H37ClN4O2/c1-34-16-13-29-27(33)26-17-24(20-32(26)19-22-9-5-6-10-25(22)28)30-23-11-14-31(15-12-23)18-21-7-3-2-4-8-21/h2-10,23-24,26,30H,11-20H2,1H3,(H,29,33)/t24-,26-/m0/s1. The number of methoxy groups -OCH3 is 1. The van der Waals surface area contributed by atoms with E-state index in [1.54, 1.807) is 7.11 Å². The van der Waals surface area contributed by atoms with Crippen molar-refractivity contribution in [2.75, 3.05) is 39.9 Å². The van der Waals surface area contributed by atoms with E-state index in [-0.39, 0.29) is 11.9 Å². The number of rotatable bonds is 10. The normalized spacial score (nSPS) is 22.2. The van der Waals surface area contributed by atoms with E-state index in [0.29, 0.717) is 31.8 Å². The fraction of sp³-hybridized carbons (Fsp3) is 0.519. The third-order valence-corrected chi connectivity index (χ3v) is 7.32. The van der Waals surface area contributed by atoms with Crippen molar-refractivity contribution in [3.63, 3.8) is 0 Å². The minimum absolute atomic E-state index is 0.0751. The average Bonchev–Trinajstić information content (AvgIpc) is 3.25. The molecule has 0 aromatic heterocycles. The van der Waals surface area contributed by atoms with Crippen molar-refractivity contribution < 1.29 is 9.53 Å². The van der Waals surface area contributed by atoms with Crippen LogP contribution in [0.3, 0.4) is 0 Å². The Labute approximate surface area is 208 Å². The second-order valence-electron chi connectivity index (χ2n) is 9.46. The fourth-order valence-corrected chi connectivity index (χ4v) is 5.34. The van der Waals surface area contributed by atoms with Gasteiger partial charge in [-0.25, -0.2) is 0 Å². The van der Waals surface area contributed by atoms with Crippen LogP contribution in [0.2, 0.25) is 5.02 Å². The van der Waals surface area contributed by atoms with Gasteiger partial charge in [0.2, 0.25) is 5.91 Å². The summed E-state index contributed by atoms with van der Waals surface area (Å²) in [5, 5.41) is 7.67. The van der Waals surface area contributed by atoms with Gasteiger partial charge in [-0.15, -0.1) is 0 Å². The highest BCUT2D eigenvalue weighted by atomic mass is 35.5. The molecule has 1 amide bonds. The van der Waals surface area contributed by atoms with Gasteiger partial charge in [0.25, 0.3) is 0 Å². The first-order valence-electron chi connectivity index (χ1n) is 12.4. The summed E-state index contributed by atoms with van der Waals surface area (Å²) in [7, 11) is 1.65. The molecule has 4 rings (SSSR count). The molecule has 2 aliphatic heterocycles. The molecule has 34 heavy (non-hydrogen) atoms. The average molecular weight is 485 g/mol. The first-order valence-corrected chi connectivity index (χ1v) is 12.8. The van der Waals surface area contributed by atoms with Crippen molar-refractivity contribution in [1.82, 2.24) is 20.4 Å². The Morgan fingerprint density at radius 1 is 1.03 bits per heavy atom. The molecule has 6 nitrogen and oxygen atoms in total. The molecule has 2 aromatic carbocycles. The van der Waals surface area contributed by atoms with Crippen LogP contribution in [-0.2, 0) is 22.6 Å². The van der Waals surface area contributed by atoms with Crippen molar-refractivity contribution in [2.45, 2.75) is 50.5 Å². The van der Waals surface area contributed by atoms with Crippen LogP contribution in [0.15, 0.2) is 54.6 Å². The van der Waals surface area contributed by atoms with Crippen molar-refractivity contribution >= 4 is 17.5 Å². The number of carbonyl (C=O) groups excluding carboxylic acids is 1. The van der Waals surface area contributed by atoms with Crippen LogP contribution in [0.4, 0.5) is 0 Å². The molecule has 2 heterocycles. The van der Waals surface area contributed by atoms with E-state index >= 15 is 0 Å². The molecule has 2 aliphatic rings. The van der Waals surface area contributed by atoms with E-state index in [4.69, 9.17) is 16.3 Å². The van der Waals surface area contributed by atoms with Crippen LogP contribution < -0.4 is 10.6 Å². The van der Waals surface area contributed by atoms with E-state index in [1.807, 2.05) is 24.3 Å². The molecule has 0 radical (unpaired) electrons. The van der Waals surface area contributed by atoms with Crippen molar-refractivity contribution in [3.05, 3.63) is 70.7 Å². The molecule has 2 N–H and O–H groups in total. The number of piperidine rings is 1. The lowest BCUT2D eigenvalue weighted by atomic mass is 10.0. The van der Waals surface area contributed by atoms with Gasteiger partial charge < -0.3 is 15.4 Å². The molecule has 0 bridgehead atoms. The Bertz CT molecular complexity index is 905. The van der Waals surface area contributed by atoms with Crippen molar-refractivity contribution in [2.24, 2.45) is 0 Å². The first kappa shape index (κ1) is 25.1. The molecular formula is C27H37ClN4O2. The fourth-order valence-electron chi connectivity index (χ4n) is 5.14. The Morgan fingerprint density at radius 3 is 2.50 bits per heavy atom. The van der Waals surface area contributed by atoms with Crippen molar-refractivity contribution in [3.8, 4) is 0 Å². The van der Waals surface area contributed by atoms with Gasteiger partial charge in [0.15, 0.2) is 0 Å². The molecule has 0 unspecified atom stereocenters. The number of halogens is 1. The Kier molecular flexibility index (Phi) is 9.36. The van der Waals surface area contributed by atoms with Gasteiger partial charge in [-0.05, 0) is 49.5 Å². The second kappa shape index (κ2) is 12.7. The van der Waals surface area contributed by atoms with Gasteiger partial charge in [0.1, 0.15) is 0 Å². The molecule has 2 aromatic rings. The number of carbonyl (C=O) groups is 1. The number of benzene rings is 2. The van der Waals surface area contributed by atoms with Crippen LogP contribution >= 0.6 is 11.6 Å². The zero-order valence-electron chi connectivity index (χ0n) is 20.1. The third kappa shape index (κ3) is 7.03. The number of amides is 1. The summed E-state index contributed by atoms with van der Waals surface area (Å²) in [6, 6.07) is 19.2. The smallest absolute Gasteiger partial charge is 0.237 e. The number of nitrogens with zero attached hydrogens (tertiary/aromatic N) is 2. The van der Waals surface area contributed by atoms with Crippen molar-refractivity contribution in [1.29, 1.82) is 0 Å². The van der Waals surface area contributed by atoms with Crippen LogP contribution in [0, 0.1) is 0 Å². The summed E-state index contributed by atoms with van der Waals surface area (Å²) >= 11 is 6.43. The monoisotopic (exact) mass is 484 g/mol. The number of hydrogen-bond acceptors (Lipinski definition) is 5. The van der Waals surface area contributed by atoms with Gasteiger partial charge in [-0.1, -0.05) is 60.1 Å². The number of hydrogen-bond donors (Lipinski definition) is 2. The summed E-state index contributed by atoms with van der Waals surface area (Å²) < 4.78 is 5.10. The minimum atomic E-state index is -0.163. The molecule has 2 fully saturated rings. The van der Waals surface area contributed by atoms with Gasteiger partial charge in [-0.3, -0.25) is 14.6 Å². The number of likely N-dealkylation sites (tertiary alicyclic amines) is 2. The second-order valence-corrected chi connectivity index (χ2v) is 9.86. The quantitative estimate of drug-likeness (QED) is 0.507. The van der Waals surface area contributed by atoms with E-state index in [0.717, 1.165) is 56.0 Å². The van der Waals surface area contributed by atoms with Gasteiger partial charge in [-0.2, -0.15) is 0 Å². The molecule has 0 spiro atoms.